The van der Waals surface area contributed by atoms with Crippen molar-refractivity contribution >= 4 is 34.2 Å². The minimum Gasteiger partial charge on any atom is -0.147 e. The van der Waals surface area contributed by atoms with Gasteiger partial charge < -0.3 is 0 Å². The molecule has 56 valence electrons. The van der Waals surface area contributed by atoms with Crippen LogP contribution in [-0.4, -0.2) is 28.4 Å². The molecule has 0 aromatic heterocycles. The smallest absolute Gasteiger partial charge is 0.0709 e. The van der Waals surface area contributed by atoms with Gasteiger partial charge in [-0.25, -0.2) is 0 Å². The largest absolute Gasteiger partial charge is 0.147 e. The Kier molecular flexibility index (Phi) is 338. The van der Waals surface area contributed by atoms with Crippen LogP contribution in [0, 0.1) is 62.2 Å². The molecule has 2 atom stereocenters. The van der Waals surface area contributed by atoms with Crippen LogP contribution in [0.5, 0.6) is 0 Å². The monoisotopic (exact) mass is 624 g/mol. The molecular weight excluding hydrogens is 608 g/mol. The van der Waals surface area contributed by atoms with Crippen LogP contribution in [0.2, 0.25) is 6.82 Å². The summed E-state index contributed by atoms with van der Waals surface area (Å²) < 4.78 is 0. The average molecular weight is 624 g/mol. The van der Waals surface area contributed by atoms with E-state index in [2.05, 4.69) is 26.3 Å². The van der Waals surface area contributed by atoms with E-state index in [1.54, 1.807) is 0 Å². The molecule has 0 N–H and O–H groups in total. The van der Waals surface area contributed by atoms with Crippen molar-refractivity contribution in [3.05, 3.63) is 0 Å². The van der Waals surface area contributed by atoms with Crippen LogP contribution in [0.4, 0.5) is 0 Å². The molecule has 0 bridgehead atoms. The second-order valence-corrected chi connectivity index (χ2v) is 0.707. The second-order valence-electron chi connectivity index (χ2n) is 0.236. The van der Waals surface area contributed by atoms with Crippen molar-refractivity contribution < 1.29 is 62.2 Å². The molecular formula is C4H16B2P2U2. The van der Waals surface area contributed by atoms with Crippen LogP contribution < -0.4 is 0 Å². The van der Waals surface area contributed by atoms with E-state index in [9.17, 15) is 0 Å². The van der Waals surface area contributed by atoms with E-state index in [4.69, 9.17) is 7.85 Å². The zero-order valence-corrected chi connectivity index (χ0v) is 16.7. The van der Waals surface area contributed by atoms with Crippen LogP contribution in [0.1, 0.15) is 7.43 Å². The van der Waals surface area contributed by atoms with Gasteiger partial charge in [-0.2, -0.15) is 0 Å². The minimum atomic E-state index is 0. The van der Waals surface area contributed by atoms with Crippen molar-refractivity contribution in [3.8, 4) is 0 Å². The standard InChI is InChI=1S/CH4BP.CH3B.CH5P.CH4.2U/c2-1-3;2*1-2;;;/h1,3H2;1H3;2H2,1H3;1H4;;. The van der Waals surface area contributed by atoms with Crippen molar-refractivity contribution in [2.75, 3.05) is 12.7 Å². The second kappa shape index (κ2) is 88.8. The maximum atomic E-state index is 4.81. The number of hydrogen-bond acceptors (Lipinski definition) is 0. The Labute approximate surface area is 122 Å². The Bertz CT molecular complexity index is 19.2. The molecule has 0 aliphatic heterocycles. The molecule has 0 saturated heterocycles. The normalized spacial score (nSPS) is 2.80. The summed E-state index contributed by atoms with van der Waals surface area (Å²) in [5.74, 6) is 0. The first-order valence-corrected chi connectivity index (χ1v) is 3.94. The molecule has 0 aromatic rings. The van der Waals surface area contributed by atoms with E-state index in [1.807, 2.05) is 6.66 Å². The first-order valence-electron chi connectivity index (χ1n) is 1.97. The maximum absolute atomic E-state index is 4.81. The summed E-state index contributed by atoms with van der Waals surface area (Å²) in [6, 6.07) is 0.667. The molecule has 0 nitrogen and oxygen atoms in total. The fourth-order valence-electron chi connectivity index (χ4n) is 0. The van der Waals surface area contributed by atoms with Gasteiger partial charge in [0.25, 0.3) is 0 Å². The third kappa shape index (κ3) is 118. The average Bonchev–Trinajstić information content (AvgIpc) is 1.78. The molecule has 10 heavy (non-hydrogen) atoms. The van der Waals surface area contributed by atoms with E-state index in [-0.39, 0.29) is 69.7 Å². The fourth-order valence-corrected chi connectivity index (χ4v) is 0. The molecule has 2 unspecified atom stereocenters. The van der Waals surface area contributed by atoms with Gasteiger partial charge in [0, 0.05) is 62.2 Å². The Balaban J connectivity index is -0.00000000536. The summed E-state index contributed by atoms with van der Waals surface area (Å²) in [5.41, 5.74) is 0. The minimum absolute atomic E-state index is 0. The van der Waals surface area contributed by atoms with Crippen LogP contribution in [0.15, 0.2) is 0 Å². The topological polar surface area (TPSA) is 0 Å². The summed E-state index contributed by atoms with van der Waals surface area (Å²) >= 11 is 0. The molecule has 0 saturated carbocycles. The molecule has 0 fully saturated rings. The van der Waals surface area contributed by atoms with Gasteiger partial charge in [-0.1, -0.05) is 27.0 Å². The number of hydrogen-bond donors (Lipinski definition) is 0. The van der Waals surface area contributed by atoms with E-state index in [1.165, 1.54) is 6.82 Å². The molecule has 0 aliphatic rings. The summed E-state index contributed by atoms with van der Waals surface area (Å²) in [5, 5.41) is 0. The quantitative estimate of drug-likeness (QED) is 0.282. The summed E-state index contributed by atoms with van der Waals surface area (Å²) in [6.07, 6.45) is 0. The first kappa shape index (κ1) is 38.1. The van der Waals surface area contributed by atoms with Gasteiger partial charge in [0.2, 0.25) is 0 Å². The predicted octanol–water partition coefficient (Wildman–Crippen LogP) is 1.32. The molecule has 6 heteroatoms. The molecule has 0 heterocycles. The molecule has 0 spiro atoms. The Morgan fingerprint density at radius 2 is 1.10 bits per heavy atom. The zero-order chi connectivity index (χ0) is 6.71. The molecule has 0 rings (SSSR count). The van der Waals surface area contributed by atoms with Gasteiger partial charge in [-0.15, -0.1) is 18.5 Å². The van der Waals surface area contributed by atoms with E-state index in [0.29, 0.717) is 6.06 Å². The molecule has 4 radical (unpaired) electrons. The first-order chi connectivity index (χ1) is 3.41. The Morgan fingerprint density at radius 3 is 1.10 bits per heavy atom. The molecule has 0 amide bonds. The van der Waals surface area contributed by atoms with Gasteiger partial charge in [0.05, 0.1) is 15.7 Å². The Hall–Kier alpha value is 3.09. The van der Waals surface area contributed by atoms with Crippen molar-refractivity contribution in [1.29, 1.82) is 0 Å². The third-order valence-corrected chi connectivity index (χ3v) is 0. The van der Waals surface area contributed by atoms with E-state index < -0.39 is 0 Å². The van der Waals surface area contributed by atoms with Crippen molar-refractivity contribution in [2.24, 2.45) is 0 Å². The van der Waals surface area contributed by atoms with Gasteiger partial charge in [0.1, 0.15) is 0 Å². The van der Waals surface area contributed by atoms with Crippen LogP contribution in [0.3, 0.4) is 0 Å². The predicted molar refractivity (Wildman–Crippen MR) is 54.3 cm³/mol. The van der Waals surface area contributed by atoms with E-state index in [0.717, 1.165) is 0 Å². The van der Waals surface area contributed by atoms with Gasteiger partial charge >= 0.3 is 0 Å². The van der Waals surface area contributed by atoms with Gasteiger partial charge in [-0.3, -0.25) is 0 Å². The van der Waals surface area contributed by atoms with Crippen LogP contribution in [0.25, 0.3) is 0 Å². The van der Waals surface area contributed by atoms with Gasteiger partial charge in [-0.05, 0) is 0 Å². The van der Waals surface area contributed by atoms with Crippen molar-refractivity contribution in [3.63, 3.8) is 0 Å². The molecule has 0 aliphatic carbocycles. The summed E-state index contributed by atoms with van der Waals surface area (Å²) in [4.78, 5) is 0. The SMILES string of the molecule is C.CP.[B]C.[B]CP.[U].[U]. The Morgan fingerprint density at radius 1 is 1.10 bits per heavy atom. The van der Waals surface area contributed by atoms with E-state index >= 15 is 0 Å². The van der Waals surface area contributed by atoms with Crippen LogP contribution >= 0.6 is 18.5 Å². The summed E-state index contributed by atoms with van der Waals surface area (Å²) in [7, 11) is 14.1. The van der Waals surface area contributed by atoms with Crippen molar-refractivity contribution in [1.82, 2.24) is 0 Å². The maximum Gasteiger partial charge on any atom is 0.0709 e. The third-order valence-electron chi connectivity index (χ3n) is 0. The van der Waals surface area contributed by atoms with Crippen molar-refractivity contribution in [2.45, 2.75) is 14.2 Å². The van der Waals surface area contributed by atoms with Gasteiger partial charge in [0.15, 0.2) is 0 Å². The fraction of sp³-hybridized carbons (Fsp3) is 1.00. The molecule has 0 aromatic carbocycles. The number of rotatable bonds is 0. The zero-order valence-electron chi connectivity index (χ0n) is 6.02. The summed E-state index contributed by atoms with van der Waals surface area (Å²) in [6.45, 7) is 3.42. The van der Waals surface area contributed by atoms with Crippen LogP contribution in [-0.2, 0) is 0 Å².